The van der Waals surface area contributed by atoms with Crippen LogP contribution in [0.2, 0.25) is 0 Å². The van der Waals surface area contributed by atoms with Gasteiger partial charge in [-0.3, -0.25) is 14.7 Å². The summed E-state index contributed by atoms with van der Waals surface area (Å²) in [6.07, 6.45) is 1.78. The maximum atomic E-state index is 12.0. The van der Waals surface area contributed by atoms with E-state index in [4.69, 9.17) is 0 Å². The lowest BCUT2D eigenvalue weighted by Crippen LogP contribution is -2.32. The molecule has 4 rings (SSSR count). The zero-order valence-corrected chi connectivity index (χ0v) is 18.7. The fourth-order valence-corrected chi connectivity index (χ4v) is 4.27. The van der Waals surface area contributed by atoms with Crippen molar-refractivity contribution < 1.29 is 9.90 Å². The van der Waals surface area contributed by atoms with E-state index in [0.717, 1.165) is 27.9 Å². The second-order valence-electron chi connectivity index (χ2n) is 8.20. The van der Waals surface area contributed by atoms with Crippen molar-refractivity contribution in [3.8, 4) is 11.3 Å². The van der Waals surface area contributed by atoms with Crippen LogP contribution < -0.4 is 0 Å². The van der Waals surface area contributed by atoms with Crippen molar-refractivity contribution in [3.63, 3.8) is 0 Å². The molecule has 2 atom stereocenters. The van der Waals surface area contributed by atoms with E-state index < -0.39 is 5.97 Å². The van der Waals surface area contributed by atoms with Crippen LogP contribution in [-0.2, 0) is 11.3 Å². The molecule has 1 N–H and O–H groups in total. The number of carboxylic acids is 1. The summed E-state index contributed by atoms with van der Waals surface area (Å²) in [5.41, 5.74) is 5.13. The average Bonchev–Trinajstić information content (AvgIpc) is 2.87. The Balaban J connectivity index is 1.77. The molecule has 0 saturated heterocycles. The highest BCUT2D eigenvalue weighted by molar-refractivity contribution is 5.68. The number of aromatic nitrogens is 1. The van der Waals surface area contributed by atoms with E-state index >= 15 is 0 Å². The summed E-state index contributed by atoms with van der Waals surface area (Å²) in [5.74, 6) is -0.818. The van der Waals surface area contributed by atoms with Gasteiger partial charge >= 0.3 is 5.97 Å². The highest BCUT2D eigenvalue weighted by Crippen LogP contribution is 2.36. The van der Waals surface area contributed by atoms with Gasteiger partial charge in [-0.1, -0.05) is 84.9 Å². The number of nitrogens with zero attached hydrogens (tertiary/aromatic N) is 2. The molecular weight excluding hydrogens is 408 g/mol. The third kappa shape index (κ3) is 5.73. The van der Waals surface area contributed by atoms with Gasteiger partial charge in [-0.05, 0) is 41.8 Å². The molecule has 166 valence electrons. The fourth-order valence-electron chi connectivity index (χ4n) is 4.27. The van der Waals surface area contributed by atoms with Gasteiger partial charge in [0.05, 0.1) is 12.1 Å². The minimum Gasteiger partial charge on any atom is -0.481 e. The third-order valence-corrected chi connectivity index (χ3v) is 5.99. The monoisotopic (exact) mass is 436 g/mol. The number of benzene rings is 3. The quantitative estimate of drug-likeness (QED) is 0.324. The van der Waals surface area contributed by atoms with Gasteiger partial charge in [-0.2, -0.15) is 0 Å². The van der Waals surface area contributed by atoms with Crippen molar-refractivity contribution in [2.24, 2.45) is 0 Å². The molecule has 3 aromatic carbocycles. The first kappa shape index (κ1) is 22.4. The largest absolute Gasteiger partial charge is 0.481 e. The number of carboxylic acid groups (broad SMARTS) is 1. The maximum Gasteiger partial charge on any atom is 0.305 e. The molecule has 1 unspecified atom stereocenters. The number of aliphatic carboxylic acids is 1. The average molecular weight is 437 g/mol. The summed E-state index contributed by atoms with van der Waals surface area (Å²) < 4.78 is 0. The Morgan fingerprint density at radius 3 is 2.18 bits per heavy atom. The van der Waals surface area contributed by atoms with Gasteiger partial charge in [0.2, 0.25) is 0 Å². The number of hydrogen-bond acceptors (Lipinski definition) is 3. The Morgan fingerprint density at radius 1 is 0.848 bits per heavy atom. The van der Waals surface area contributed by atoms with E-state index in [2.05, 4.69) is 47.1 Å². The van der Waals surface area contributed by atoms with Crippen molar-refractivity contribution in [1.82, 2.24) is 9.88 Å². The van der Waals surface area contributed by atoms with Crippen LogP contribution >= 0.6 is 0 Å². The van der Waals surface area contributed by atoms with Crippen LogP contribution in [0.25, 0.3) is 11.3 Å². The van der Waals surface area contributed by atoms with E-state index in [0.29, 0.717) is 6.54 Å². The Kier molecular flexibility index (Phi) is 7.28. The molecule has 1 aromatic heterocycles. The molecule has 0 saturated carbocycles. The lowest BCUT2D eigenvalue weighted by atomic mass is 9.95. The molecule has 0 radical (unpaired) electrons. The lowest BCUT2D eigenvalue weighted by molar-refractivity contribution is -0.138. The van der Waals surface area contributed by atoms with Crippen LogP contribution in [0.3, 0.4) is 0 Å². The van der Waals surface area contributed by atoms with Gasteiger partial charge < -0.3 is 5.11 Å². The van der Waals surface area contributed by atoms with Gasteiger partial charge in [0.25, 0.3) is 0 Å². The van der Waals surface area contributed by atoms with Crippen molar-refractivity contribution in [1.29, 1.82) is 0 Å². The number of carbonyl (C=O) groups is 1. The summed E-state index contributed by atoms with van der Waals surface area (Å²) in [4.78, 5) is 18.8. The standard InChI is InChI=1S/C29H28N2O2/c1-22(24-13-6-3-7-14-24)31(21-23-11-4-2-5-12-23)28(20-29(32)33)26-16-10-15-25(19-26)27-17-8-9-18-30-27/h2-19,22,28H,20-21H2,1H3,(H,32,33)/t22-,28?/m1/s1. The molecule has 0 spiro atoms. The minimum absolute atomic E-state index is 0.00960. The van der Waals surface area contributed by atoms with Crippen LogP contribution in [0, 0.1) is 0 Å². The Bertz CT molecular complexity index is 1160. The topological polar surface area (TPSA) is 53.4 Å². The minimum atomic E-state index is -0.818. The van der Waals surface area contributed by atoms with Crippen LogP contribution in [0.1, 0.15) is 42.1 Å². The normalized spacial score (nSPS) is 12.9. The Morgan fingerprint density at radius 2 is 1.52 bits per heavy atom. The zero-order chi connectivity index (χ0) is 23.0. The van der Waals surface area contributed by atoms with E-state index in [1.807, 2.05) is 72.8 Å². The van der Waals surface area contributed by atoms with Crippen LogP contribution in [0.4, 0.5) is 0 Å². The first-order valence-electron chi connectivity index (χ1n) is 11.2. The van der Waals surface area contributed by atoms with Gasteiger partial charge in [-0.15, -0.1) is 0 Å². The predicted molar refractivity (Wildman–Crippen MR) is 132 cm³/mol. The zero-order valence-electron chi connectivity index (χ0n) is 18.7. The molecule has 1 heterocycles. The van der Waals surface area contributed by atoms with Gasteiger partial charge in [0, 0.05) is 30.4 Å². The van der Waals surface area contributed by atoms with Crippen molar-refractivity contribution >= 4 is 5.97 Å². The van der Waals surface area contributed by atoms with E-state index in [1.54, 1.807) is 6.20 Å². The Hall–Kier alpha value is -3.76. The number of pyridine rings is 1. The summed E-state index contributed by atoms with van der Waals surface area (Å²) in [6, 6.07) is 34.1. The molecule has 0 amide bonds. The Labute approximate surface area is 195 Å². The molecule has 33 heavy (non-hydrogen) atoms. The highest BCUT2D eigenvalue weighted by atomic mass is 16.4. The van der Waals surface area contributed by atoms with Crippen LogP contribution in [0.5, 0.6) is 0 Å². The predicted octanol–water partition coefficient (Wildman–Crippen LogP) is 6.53. The molecule has 0 aliphatic carbocycles. The molecule has 4 aromatic rings. The number of rotatable bonds is 9. The molecular formula is C29H28N2O2. The molecule has 0 aliphatic heterocycles. The summed E-state index contributed by atoms with van der Waals surface area (Å²) in [6.45, 7) is 2.79. The van der Waals surface area contributed by atoms with E-state index in [1.165, 1.54) is 0 Å². The van der Waals surface area contributed by atoms with Gasteiger partial charge in [0.1, 0.15) is 0 Å². The number of hydrogen-bond donors (Lipinski definition) is 1. The molecule has 4 heteroatoms. The fraction of sp³-hybridized carbons (Fsp3) is 0.172. The van der Waals surface area contributed by atoms with Crippen LogP contribution in [-0.4, -0.2) is 21.0 Å². The van der Waals surface area contributed by atoms with Gasteiger partial charge in [-0.25, -0.2) is 0 Å². The highest BCUT2D eigenvalue weighted by Gasteiger charge is 2.28. The summed E-state index contributed by atoms with van der Waals surface area (Å²) in [5, 5.41) is 9.86. The first-order valence-corrected chi connectivity index (χ1v) is 11.2. The van der Waals surface area contributed by atoms with Gasteiger partial charge in [0.15, 0.2) is 0 Å². The molecule has 0 bridgehead atoms. The third-order valence-electron chi connectivity index (χ3n) is 5.99. The maximum absolute atomic E-state index is 12.0. The molecule has 0 aliphatic rings. The van der Waals surface area contributed by atoms with Crippen molar-refractivity contribution in [2.45, 2.75) is 32.0 Å². The molecule has 4 nitrogen and oxygen atoms in total. The summed E-state index contributed by atoms with van der Waals surface area (Å²) >= 11 is 0. The molecule has 0 fully saturated rings. The smallest absolute Gasteiger partial charge is 0.305 e. The second-order valence-corrected chi connectivity index (χ2v) is 8.20. The SMILES string of the molecule is C[C@H](c1ccccc1)N(Cc1ccccc1)C(CC(=O)O)c1cccc(-c2ccccn2)c1. The van der Waals surface area contributed by atoms with Crippen LogP contribution in [0.15, 0.2) is 109 Å². The lowest BCUT2D eigenvalue weighted by Gasteiger charge is -2.37. The van der Waals surface area contributed by atoms with Crippen molar-refractivity contribution in [3.05, 3.63) is 126 Å². The summed E-state index contributed by atoms with van der Waals surface area (Å²) in [7, 11) is 0. The second kappa shape index (κ2) is 10.7. The van der Waals surface area contributed by atoms with E-state index in [-0.39, 0.29) is 18.5 Å². The van der Waals surface area contributed by atoms with Crippen molar-refractivity contribution in [2.75, 3.05) is 0 Å². The van der Waals surface area contributed by atoms with E-state index in [9.17, 15) is 9.90 Å². The first-order chi connectivity index (χ1) is 16.1.